The molecule has 28 heavy (non-hydrogen) atoms. The van der Waals surface area contributed by atoms with Crippen molar-refractivity contribution in [2.75, 3.05) is 49.6 Å². The quantitative estimate of drug-likeness (QED) is 0.765. The number of nitrogens with zero attached hydrogens (tertiary/aromatic N) is 5. The summed E-state index contributed by atoms with van der Waals surface area (Å²) >= 11 is 0. The van der Waals surface area contributed by atoms with E-state index < -0.39 is 0 Å². The van der Waals surface area contributed by atoms with E-state index in [9.17, 15) is 9.18 Å². The number of carbonyl (C=O) groups is 1. The number of hydrogen-bond donors (Lipinski definition) is 0. The lowest BCUT2D eigenvalue weighted by molar-refractivity contribution is 0.0740. The van der Waals surface area contributed by atoms with E-state index in [2.05, 4.69) is 21.8 Å². The minimum absolute atomic E-state index is 0.0937. The van der Waals surface area contributed by atoms with E-state index in [-0.39, 0.29) is 11.7 Å². The Bertz CT molecular complexity index is 820. The topological polar surface area (TPSA) is 52.6 Å². The van der Waals surface area contributed by atoms with Crippen molar-refractivity contribution in [1.82, 2.24) is 14.9 Å². The molecule has 150 valence electrons. The molecular weight excluding hydrogens is 357 g/mol. The Balaban J connectivity index is 1.68. The summed E-state index contributed by atoms with van der Waals surface area (Å²) in [5.74, 6) is 1.04. The number of halogens is 1. The van der Waals surface area contributed by atoms with Crippen molar-refractivity contribution in [3.63, 3.8) is 0 Å². The molecule has 0 spiro atoms. The first kappa shape index (κ1) is 20.0. The summed E-state index contributed by atoms with van der Waals surface area (Å²) in [5.41, 5.74) is 1.01. The third kappa shape index (κ3) is 4.58. The largest absolute Gasteiger partial charge is 0.366 e. The van der Waals surface area contributed by atoms with Gasteiger partial charge >= 0.3 is 0 Å². The molecule has 6 nitrogen and oxygen atoms in total. The minimum Gasteiger partial charge on any atom is -0.366 e. The van der Waals surface area contributed by atoms with Crippen LogP contribution in [0.15, 0.2) is 30.3 Å². The third-order valence-corrected chi connectivity index (χ3v) is 5.04. The molecule has 1 aliphatic heterocycles. The highest BCUT2D eigenvalue weighted by Crippen LogP contribution is 2.21. The van der Waals surface area contributed by atoms with Gasteiger partial charge in [-0.3, -0.25) is 4.79 Å². The van der Waals surface area contributed by atoms with Gasteiger partial charge in [0, 0.05) is 45.8 Å². The summed E-state index contributed by atoms with van der Waals surface area (Å²) in [6.45, 7) is 7.12. The number of aryl methyl sites for hydroxylation is 1. The summed E-state index contributed by atoms with van der Waals surface area (Å²) in [6, 6.07) is 8.53. The van der Waals surface area contributed by atoms with E-state index in [1.165, 1.54) is 6.07 Å². The summed E-state index contributed by atoms with van der Waals surface area (Å²) in [6.07, 6.45) is 2.17. The third-order valence-electron chi connectivity index (χ3n) is 5.04. The number of rotatable bonds is 6. The van der Waals surface area contributed by atoms with E-state index >= 15 is 0 Å². The standard InChI is InChI=1S/C21H28FN5O/c1-4-5-10-25(3)20-15-18(23-16(2)24-20)21(28)27-13-11-26(12-14-27)19-9-7-6-8-17(19)22/h6-9,15H,4-5,10-14H2,1-3H3. The van der Waals surface area contributed by atoms with E-state index in [0.717, 1.165) is 25.2 Å². The van der Waals surface area contributed by atoms with Crippen LogP contribution >= 0.6 is 0 Å². The average molecular weight is 385 g/mol. The Labute approximate surface area is 166 Å². The molecule has 0 N–H and O–H groups in total. The molecule has 1 aromatic carbocycles. The smallest absolute Gasteiger partial charge is 0.272 e. The first-order valence-electron chi connectivity index (χ1n) is 9.85. The number of unbranched alkanes of at least 4 members (excludes halogenated alkanes) is 1. The Morgan fingerprint density at radius 1 is 1.18 bits per heavy atom. The van der Waals surface area contributed by atoms with Crippen molar-refractivity contribution in [1.29, 1.82) is 0 Å². The zero-order valence-electron chi connectivity index (χ0n) is 16.9. The predicted octanol–water partition coefficient (Wildman–Crippen LogP) is 3.12. The maximum absolute atomic E-state index is 14.0. The van der Waals surface area contributed by atoms with Crippen molar-refractivity contribution in [2.45, 2.75) is 26.7 Å². The molecule has 0 unspecified atom stereocenters. The van der Waals surface area contributed by atoms with Gasteiger partial charge in [0.15, 0.2) is 0 Å². The van der Waals surface area contributed by atoms with Crippen LogP contribution in [0.1, 0.15) is 36.1 Å². The minimum atomic E-state index is -0.228. The zero-order valence-corrected chi connectivity index (χ0v) is 16.9. The van der Waals surface area contributed by atoms with Gasteiger partial charge in [-0.05, 0) is 25.5 Å². The van der Waals surface area contributed by atoms with Crippen LogP contribution in [-0.2, 0) is 0 Å². The Morgan fingerprint density at radius 3 is 2.57 bits per heavy atom. The highest BCUT2D eigenvalue weighted by molar-refractivity contribution is 5.93. The first-order chi connectivity index (χ1) is 13.5. The van der Waals surface area contributed by atoms with Crippen LogP contribution in [-0.4, -0.2) is 60.5 Å². The number of para-hydroxylation sites is 1. The second-order valence-electron chi connectivity index (χ2n) is 7.16. The lowest BCUT2D eigenvalue weighted by atomic mass is 10.2. The van der Waals surface area contributed by atoms with Crippen LogP contribution in [0.4, 0.5) is 15.9 Å². The van der Waals surface area contributed by atoms with Crippen LogP contribution in [0.25, 0.3) is 0 Å². The van der Waals surface area contributed by atoms with Gasteiger partial charge < -0.3 is 14.7 Å². The fourth-order valence-corrected chi connectivity index (χ4v) is 3.39. The molecule has 0 atom stereocenters. The van der Waals surface area contributed by atoms with E-state index in [0.29, 0.717) is 43.4 Å². The molecule has 7 heteroatoms. The summed E-state index contributed by atoms with van der Waals surface area (Å²) in [4.78, 5) is 27.6. The number of anilines is 2. The van der Waals surface area contributed by atoms with Crippen molar-refractivity contribution in [2.24, 2.45) is 0 Å². The maximum atomic E-state index is 14.0. The highest BCUT2D eigenvalue weighted by Gasteiger charge is 2.25. The lowest BCUT2D eigenvalue weighted by Crippen LogP contribution is -2.49. The van der Waals surface area contributed by atoms with Gasteiger partial charge in [0.05, 0.1) is 5.69 Å². The zero-order chi connectivity index (χ0) is 20.1. The van der Waals surface area contributed by atoms with Gasteiger partial charge in [-0.2, -0.15) is 0 Å². The maximum Gasteiger partial charge on any atom is 0.272 e. The van der Waals surface area contributed by atoms with Gasteiger partial charge in [0.1, 0.15) is 23.2 Å². The van der Waals surface area contributed by atoms with E-state index in [1.807, 2.05) is 24.9 Å². The van der Waals surface area contributed by atoms with Crippen molar-refractivity contribution >= 4 is 17.4 Å². The van der Waals surface area contributed by atoms with Gasteiger partial charge in [0.2, 0.25) is 0 Å². The molecule has 1 aromatic heterocycles. The van der Waals surface area contributed by atoms with Gasteiger partial charge in [-0.15, -0.1) is 0 Å². The molecule has 3 rings (SSSR count). The SMILES string of the molecule is CCCCN(C)c1cc(C(=O)N2CCN(c3ccccc3F)CC2)nc(C)n1. The van der Waals surface area contributed by atoms with E-state index in [1.54, 1.807) is 23.1 Å². The number of carbonyl (C=O) groups excluding carboxylic acids is 1. The molecule has 2 aromatic rings. The van der Waals surface area contributed by atoms with Crippen molar-refractivity contribution < 1.29 is 9.18 Å². The summed E-state index contributed by atoms with van der Waals surface area (Å²) < 4.78 is 14.0. The number of aromatic nitrogens is 2. The monoisotopic (exact) mass is 385 g/mol. The molecule has 0 bridgehead atoms. The number of piperazine rings is 1. The van der Waals surface area contributed by atoms with Crippen LogP contribution in [0, 0.1) is 12.7 Å². The number of benzene rings is 1. The first-order valence-corrected chi connectivity index (χ1v) is 9.85. The van der Waals surface area contributed by atoms with Crippen LogP contribution in [0.5, 0.6) is 0 Å². The van der Waals surface area contributed by atoms with Gasteiger partial charge in [-0.25, -0.2) is 14.4 Å². The summed E-state index contributed by atoms with van der Waals surface area (Å²) in [5, 5.41) is 0. The Hall–Kier alpha value is -2.70. The Kier molecular flexibility index (Phi) is 6.44. The number of hydrogen-bond acceptors (Lipinski definition) is 5. The van der Waals surface area contributed by atoms with Crippen LogP contribution in [0.3, 0.4) is 0 Å². The molecule has 0 radical (unpaired) electrons. The van der Waals surface area contributed by atoms with Crippen LogP contribution in [0.2, 0.25) is 0 Å². The van der Waals surface area contributed by atoms with Crippen molar-refractivity contribution in [3.8, 4) is 0 Å². The second-order valence-corrected chi connectivity index (χ2v) is 7.16. The molecular formula is C21H28FN5O. The molecule has 0 aliphatic carbocycles. The van der Waals surface area contributed by atoms with Crippen molar-refractivity contribution in [3.05, 3.63) is 47.7 Å². The second kappa shape index (κ2) is 8.99. The molecule has 1 fully saturated rings. The van der Waals surface area contributed by atoms with Gasteiger partial charge in [0.25, 0.3) is 5.91 Å². The number of amides is 1. The molecule has 0 saturated carbocycles. The molecule has 1 amide bonds. The molecule has 2 heterocycles. The van der Waals surface area contributed by atoms with Gasteiger partial charge in [-0.1, -0.05) is 25.5 Å². The fourth-order valence-electron chi connectivity index (χ4n) is 3.39. The Morgan fingerprint density at radius 2 is 1.89 bits per heavy atom. The van der Waals surface area contributed by atoms with Crippen LogP contribution < -0.4 is 9.80 Å². The normalized spacial score (nSPS) is 14.3. The fraction of sp³-hybridized carbons (Fsp3) is 0.476. The predicted molar refractivity (Wildman–Crippen MR) is 109 cm³/mol. The summed E-state index contributed by atoms with van der Waals surface area (Å²) in [7, 11) is 1.98. The molecule has 1 saturated heterocycles. The molecule has 1 aliphatic rings. The highest BCUT2D eigenvalue weighted by atomic mass is 19.1. The average Bonchev–Trinajstić information content (AvgIpc) is 2.71. The van der Waals surface area contributed by atoms with E-state index in [4.69, 9.17) is 0 Å². The lowest BCUT2D eigenvalue weighted by Gasteiger charge is -2.36.